The number of para-hydroxylation sites is 1. The Balaban J connectivity index is 1.44. The molecule has 0 N–H and O–H groups in total. The van der Waals surface area contributed by atoms with E-state index in [1.165, 1.54) is 9.80 Å². The number of nitrogens with zero attached hydrogens (tertiary/aromatic N) is 2. The van der Waals surface area contributed by atoms with E-state index in [1.54, 1.807) is 0 Å². The van der Waals surface area contributed by atoms with Gasteiger partial charge in [-0.05, 0) is 22.8 Å². The summed E-state index contributed by atoms with van der Waals surface area (Å²) in [5.41, 5.74) is 3.40. The van der Waals surface area contributed by atoms with Crippen molar-refractivity contribution in [3.8, 4) is 0 Å². The molecule has 0 unspecified atom stereocenters. The highest BCUT2D eigenvalue weighted by molar-refractivity contribution is 5.90. The molecule has 1 aliphatic rings. The van der Waals surface area contributed by atoms with Crippen molar-refractivity contribution in [2.45, 2.75) is 19.8 Å². The molecule has 6 heteroatoms. The quantitative estimate of drug-likeness (QED) is 0.620. The molecule has 0 radical (unpaired) electrons. The molecule has 0 fully saturated rings. The lowest BCUT2D eigenvalue weighted by Crippen LogP contribution is -2.48. The van der Waals surface area contributed by atoms with Crippen molar-refractivity contribution >= 4 is 17.9 Å². The summed E-state index contributed by atoms with van der Waals surface area (Å²) < 4.78 is 10.9. The molecule has 3 aromatic carbocycles. The molecule has 0 saturated heterocycles. The summed E-state index contributed by atoms with van der Waals surface area (Å²) in [7, 11) is 0. The number of anilines is 1. The van der Waals surface area contributed by atoms with Gasteiger partial charge >= 0.3 is 12.2 Å². The Hall–Kier alpha value is -3.80. The SMILES string of the molecule is O=C(OCc1ccccc1)N1Cc2ccccc2N(C(=O)OCc2ccccc2)C1. The van der Waals surface area contributed by atoms with Crippen LogP contribution in [0.25, 0.3) is 0 Å². The Morgan fingerprint density at radius 3 is 1.87 bits per heavy atom. The fraction of sp³-hybridized carbons (Fsp3) is 0.167. The van der Waals surface area contributed by atoms with Crippen LogP contribution in [0.1, 0.15) is 16.7 Å². The Morgan fingerprint density at radius 1 is 0.700 bits per heavy atom. The van der Waals surface area contributed by atoms with Crippen LogP contribution in [-0.4, -0.2) is 23.8 Å². The largest absolute Gasteiger partial charge is 0.444 e. The third-order valence-corrected chi connectivity index (χ3v) is 4.84. The number of carbonyl (C=O) groups excluding carboxylic acids is 2. The lowest BCUT2D eigenvalue weighted by Gasteiger charge is -2.35. The van der Waals surface area contributed by atoms with Gasteiger partial charge in [-0.3, -0.25) is 9.80 Å². The van der Waals surface area contributed by atoms with Gasteiger partial charge in [0, 0.05) is 0 Å². The zero-order valence-electron chi connectivity index (χ0n) is 16.4. The number of hydrogen-bond donors (Lipinski definition) is 0. The van der Waals surface area contributed by atoms with Gasteiger partial charge in [-0.25, -0.2) is 9.59 Å². The van der Waals surface area contributed by atoms with Crippen LogP contribution in [0.15, 0.2) is 84.9 Å². The van der Waals surface area contributed by atoms with Crippen molar-refractivity contribution in [1.82, 2.24) is 4.90 Å². The summed E-state index contributed by atoms with van der Waals surface area (Å²) >= 11 is 0. The summed E-state index contributed by atoms with van der Waals surface area (Å²) in [5, 5.41) is 0. The third-order valence-electron chi connectivity index (χ3n) is 4.84. The summed E-state index contributed by atoms with van der Waals surface area (Å²) in [6.07, 6.45) is -0.985. The van der Waals surface area contributed by atoms with E-state index in [9.17, 15) is 9.59 Å². The van der Waals surface area contributed by atoms with Crippen LogP contribution in [-0.2, 0) is 29.2 Å². The van der Waals surface area contributed by atoms with Gasteiger partial charge in [0.25, 0.3) is 0 Å². The normalized spacial score (nSPS) is 12.8. The van der Waals surface area contributed by atoms with Gasteiger partial charge in [-0.1, -0.05) is 78.9 Å². The van der Waals surface area contributed by atoms with Gasteiger partial charge in [-0.2, -0.15) is 0 Å². The van der Waals surface area contributed by atoms with E-state index in [0.29, 0.717) is 6.54 Å². The van der Waals surface area contributed by atoms with Crippen molar-refractivity contribution in [3.63, 3.8) is 0 Å². The van der Waals surface area contributed by atoms with Gasteiger partial charge in [-0.15, -0.1) is 0 Å². The monoisotopic (exact) mass is 402 g/mol. The van der Waals surface area contributed by atoms with Gasteiger partial charge in [0.2, 0.25) is 0 Å². The van der Waals surface area contributed by atoms with Crippen LogP contribution < -0.4 is 4.90 Å². The molecule has 30 heavy (non-hydrogen) atoms. The van der Waals surface area contributed by atoms with Crippen molar-refractivity contribution in [2.24, 2.45) is 0 Å². The standard InChI is InChI=1S/C24H22N2O4/c27-23(29-16-19-9-3-1-4-10-19)25-15-21-13-7-8-14-22(21)26(18-25)24(28)30-17-20-11-5-2-6-12-20/h1-14H,15-18H2. The van der Waals surface area contributed by atoms with Crippen LogP contribution in [0.4, 0.5) is 15.3 Å². The first-order valence-electron chi connectivity index (χ1n) is 9.72. The molecule has 0 aromatic heterocycles. The number of fused-ring (bicyclic) bond motifs is 1. The summed E-state index contributed by atoms with van der Waals surface area (Å²) in [6, 6.07) is 26.5. The minimum Gasteiger partial charge on any atom is -0.444 e. The topological polar surface area (TPSA) is 59.1 Å². The minimum atomic E-state index is -0.508. The zero-order chi connectivity index (χ0) is 20.8. The molecule has 0 bridgehead atoms. The summed E-state index contributed by atoms with van der Waals surface area (Å²) in [5.74, 6) is 0. The summed E-state index contributed by atoms with van der Waals surface area (Å²) in [6.45, 7) is 0.775. The molecular weight excluding hydrogens is 380 g/mol. The van der Waals surface area contributed by atoms with Crippen LogP contribution in [0.5, 0.6) is 0 Å². The lowest BCUT2D eigenvalue weighted by atomic mass is 10.1. The average Bonchev–Trinajstić information content (AvgIpc) is 2.81. The molecule has 0 atom stereocenters. The van der Waals surface area contributed by atoms with E-state index in [-0.39, 0.29) is 19.9 Å². The van der Waals surface area contributed by atoms with Gasteiger partial charge < -0.3 is 9.47 Å². The molecule has 1 heterocycles. The smallest absolute Gasteiger partial charge is 0.416 e. The van der Waals surface area contributed by atoms with Crippen molar-refractivity contribution in [3.05, 3.63) is 102 Å². The van der Waals surface area contributed by atoms with E-state index < -0.39 is 12.2 Å². The molecule has 0 spiro atoms. The molecule has 2 amide bonds. The second kappa shape index (κ2) is 9.13. The first-order chi connectivity index (χ1) is 14.7. The first kappa shape index (κ1) is 19.5. The molecule has 1 aliphatic heterocycles. The number of ether oxygens (including phenoxy) is 2. The number of carbonyl (C=O) groups is 2. The minimum absolute atomic E-state index is 0.0677. The Labute approximate surface area is 175 Å². The maximum absolute atomic E-state index is 12.8. The Kier molecular flexibility index (Phi) is 5.94. The average molecular weight is 402 g/mol. The predicted molar refractivity (Wildman–Crippen MR) is 113 cm³/mol. The first-order valence-corrected chi connectivity index (χ1v) is 9.72. The third kappa shape index (κ3) is 4.60. The zero-order valence-corrected chi connectivity index (χ0v) is 16.4. The maximum Gasteiger partial charge on any atom is 0.416 e. The highest BCUT2D eigenvalue weighted by Gasteiger charge is 2.31. The molecule has 0 saturated carbocycles. The van der Waals surface area contributed by atoms with Gasteiger partial charge in [0.15, 0.2) is 0 Å². The van der Waals surface area contributed by atoms with E-state index >= 15 is 0 Å². The van der Waals surface area contributed by atoms with Crippen LogP contribution in [0, 0.1) is 0 Å². The van der Waals surface area contributed by atoms with Gasteiger partial charge in [0.1, 0.15) is 19.9 Å². The fourth-order valence-corrected chi connectivity index (χ4v) is 3.30. The Morgan fingerprint density at radius 2 is 1.23 bits per heavy atom. The van der Waals surface area contributed by atoms with Crippen LogP contribution in [0.3, 0.4) is 0 Å². The lowest BCUT2D eigenvalue weighted by molar-refractivity contribution is 0.0892. The van der Waals surface area contributed by atoms with Crippen LogP contribution >= 0.6 is 0 Å². The van der Waals surface area contributed by atoms with E-state index in [0.717, 1.165) is 22.4 Å². The van der Waals surface area contributed by atoms with Crippen molar-refractivity contribution < 1.29 is 19.1 Å². The van der Waals surface area contributed by atoms with E-state index in [1.807, 2.05) is 84.9 Å². The number of rotatable bonds is 4. The molecule has 3 aromatic rings. The van der Waals surface area contributed by atoms with E-state index in [2.05, 4.69) is 0 Å². The fourth-order valence-electron chi connectivity index (χ4n) is 3.30. The second-order valence-electron chi connectivity index (χ2n) is 6.98. The van der Waals surface area contributed by atoms with Crippen molar-refractivity contribution in [2.75, 3.05) is 11.6 Å². The highest BCUT2D eigenvalue weighted by Crippen LogP contribution is 2.28. The van der Waals surface area contributed by atoms with Crippen molar-refractivity contribution in [1.29, 1.82) is 0 Å². The molecule has 4 rings (SSSR count). The predicted octanol–water partition coefficient (Wildman–Crippen LogP) is 4.94. The number of benzene rings is 3. The number of amides is 2. The molecule has 0 aliphatic carbocycles. The maximum atomic E-state index is 12.8. The number of hydrogen-bond acceptors (Lipinski definition) is 4. The molecular formula is C24H22N2O4. The van der Waals surface area contributed by atoms with E-state index in [4.69, 9.17) is 9.47 Å². The van der Waals surface area contributed by atoms with Crippen LogP contribution in [0.2, 0.25) is 0 Å². The molecule has 6 nitrogen and oxygen atoms in total. The second-order valence-corrected chi connectivity index (χ2v) is 6.98. The molecule has 152 valence electrons. The summed E-state index contributed by atoms with van der Waals surface area (Å²) in [4.78, 5) is 28.4. The highest BCUT2D eigenvalue weighted by atomic mass is 16.6. The van der Waals surface area contributed by atoms with Gasteiger partial charge in [0.05, 0.1) is 12.2 Å². The Bertz CT molecular complexity index is 1010.